The maximum atomic E-state index is 12.8. The van der Waals surface area contributed by atoms with Gasteiger partial charge in [0.15, 0.2) is 0 Å². The van der Waals surface area contributed by atoms with Crippen LogP contribution in [0.15, 0.2) is 24.3 Å². The zero-order valence-corrected chi connectivity index (χ0v) is 15.0. The smallest absolute Gasteiger partial charge is 0.228 e. The first-order valence-corrected chi connectivity index (χ1v) is 9.15. The van der Waals surface area contributed by atoms with Crippen molar-refractivity contribution >= 4 is 17.5 Å². The van der Waals surface area contributed by atoms with Crippen LogP contribution in [0.2, 0.25) is 0 Å². The molecule has 2 saturated heterocycles. The van der Waals surface area contributed by atoms with Gasteiger partial charge in [0.05, 0.1) is 5.92 Å². The Hall–Kier alpha value is -1.84. The van der Waals surface area contributed by atoms with Gasteiger partial charge in [0.25, 0.3) is 0 Å². The summed E-state index contributed by atoms with van der Waals surface area (Å²) in [5.41, 5.74) is 2.14. The van der Waals surface area contributed by atoms with E-state index in [0.29, 0.717) is 24.8 Å². The summed E-state index contributed by atoms with van der Waals surface area (Å²) in [6.07, 6.45) is 2.50. The van der Waals surface area contributed by atoms with Crippen molar-refractivity contribution in [2.75, 3.05) is 24.5 Å². The molecule has 1 aromatic carbocycles. The maximum Gasteiger partial charge on any atom is 0.228 e. The summed E-state index contributed by atoms with van der Waals surface area (Å²) in [7, 11) is 0. The molecule has 2 aliphatic heterocycles. The Balaban J connectivity index is 1.73. The van der Waals surface area contributed by atoms with E-state index in [4.69, 9.17) is 0 Å². The fraction of sp³-hybridized carbons (Fsp3) is 0.600. The second-order valence-corrected chi connectivity index (χ2v) is 7.63. The molecule has 2 aliphatic rings. The Morgan fingerprint density at radius 1 is 1.17 bits per heavy atom. The van der Waals surface area contributed by atoms with Gasteiger partial charge in [-0.25, -0.2) is 0 Å². The van der Waals surface area contributed by atoms with E-state index in [9.17, 15) is 9.59 Å². The first-order chi connectivity index (χ1) is 11.5. The van der Waals surface area contributed by atoms with Gasteiger partial charge in [-0.2, -0.15) is 0 Å². The summed E-state index contributed by atoms with van der Waals surface area (Å²) in [5.74, 6) is 1.11. The first-order valence-electron chi connectivity index (χ1n) is 9.15. The number of benzene rings is 1. The van der Waals surface area contributed by atoms with Gasteiger partial charge >= 0.3 is 0 Å². The Labute approximate surface area is 144 Å². The molecule has 2 heterocycles. The van der Waals surface area contributed by atoms with E-state index < -0.39 is 0 Å². The van der Waals surface area contributed by atoms with Gasteiger partial charge < -0.3 is 9.80 Å². The van der Waals surface area contributed by atoms with Gasteiger partial charge in [-0.1, -0.05) is 39.0 Å². The summed E-state index contributed by atoms with van der Waals surface area (Å²) >= 11 is 0. The summed E-state index contributed by atoms with van der Waals surface area (Å²) in [5, 5.41) is 0. The molecule has 0 saturated carbocycles. The number of hydrogen-bond acceptors (Lipinski definition) is 2. The lowest BCUT2D eigenvalue weighted by molar-refractivity contribution is -0.137. The molecular weight excluding hydrogens is 300 g/mol. The normalized spacial score (nSPS) is 22.5. The highest BCUT2D eigenvalue weighted by atomic mass is 16.2. The lowest BCUT2D eigenvalue weighted by Gasteiger charge is -2.32. The molecule has 2 fully saturated rings. The molecule has 0 aromatic heterocycles. The lowest BCUT2D eigenvalue weighted by Crippen LogP contribution is -2.42. The monoisotopic (exact) mass is 328 g/mol. The van der Waals surface area contributed by atoms with E-state index in [1.807, 2.05) is 28.0 Å². The van der Waals surface area contributed by atoms with Gasteiger partial charge in [0.1, 0.15) is 0 Å². The predicted octanol–water partition coefficient (Wildman–Crippen LogP) is 3.42. The SMILES string of the molecule is CC1CCN(C(=O)C2CC(=O)N(c3ccccc3C(C)C)C2)CC1. The molecule has 1 aromatic rings. The summed E-state index contributed by atoms with van der Waals surface area (Å²) < 4.78 is 0. The largest absolute Gasteiger partial charge is 0.342 e. The Bertz CT molecular complexity index is 618. The molecule has 0 radical (unpaired) electrons. The van der Waals surface area contributed by atoms with Crippen molar-refractivity contribution < 1.29 is 9.59 Å². The van der Waals surface area contributed by atoms with Crippen molar-refractivity contribution in [1.29, 1.82) is 0 Å². The molecular formula is C20H28N2O2. The van der Waals surface area contributed by atoms with E-state index in [2.05, 4.69) is 26.8 Å². The number of carbonyl (C=O) groups is 2. The van der Waals surface area contributed by atoms with Crippen LogP contribution in [0.5, 0.6) is 0 Å². The molecule has 0 N–H and O–H groups in total. The highest BCUT2D eigenvalue weighted by Crippen LogP contribution is 2.33. The van der Waals surface area contributed by atoms with Crippen molar-refractivity contribution in [1.82, 2.24) is 4.90 Å². The summed E-state index contributed by atoms with van der Waals surface area (Å²) in [6.45, 7) is 8.72. The number of rotatable bonds is 3. The van der Waals surface area contributed by atoms with Crippen LogP contribution in [0.1, 0.15) is 51.5 Å². The van der Waals surface area contributed by atoms with Gasteiger partial charge in [0, 0.05) is 31.7 Å². The average molecular weight is 328 g/mol. The number of hydrogen-bond donors (Lipinski definition) is 0. The number of para-hydroxylation sites is 1. The average Bonchev–Trinajstić information content (AvgIpc) is 2.96. The van der Waals surface area contributed by atoms with Crippen LogP contribution in [-0.2, 0) is 9.59 Å². The topological polar surface area (TPSA) is 40.6 Å². The predicted molar refractivity (Wildman–Crippen MR) is 96.0 cm³/mol. The second kappa shape index (κ2) is 6.96. The minimum Gasteiger partial charge on any atom is -0.342 e. The molecule has 3 rings (SSSR count). The molecule has 1 atom stereocenters. The quantitative estimate of drug-likeness (QED) is 0.853. The van der Waals surface area contributed by atoms with Gasteiger partial charge in [-0.3, -0.25) is 9.59 Å². The Morgan fingerprint density at radius 3 is 2.50 bits per heavy atom. The summed E-state index contributed by atoms with van der Waals surface area (Å²) in [4.78, 5) is 29.1. The van der Waals surface area contributed by atoms with Gasteiger partial charge in [-0.15, -0.1) is 0 Å². The van der Waals surface area contributed by atoms with Crippen LogP contribution in [0.4, 0.5) is 5.69 Å². The highest BCUT2D eigenvalue weighted by Gasteiger charge is 2.38. The van der Waals surface area contributed by atoms with Gasteiger partial charge in [-0.05, 0) is 36.3 Å². The number of likely N-dealkylation sites (tertiary alicyclic amines) is 1. The zero-order valence-electron chi connectivity index (χ0n) is 15.0. The first kappa shape index (κ1) is 17.0. The molecule has 0 bridgehead atoms. The van der Waals surface area contributed by atoms with E-state index in [1.54, 1.807) is 0 Å². The van der Waals surface area contributed by atoms with E-state index in [1.165, 1.54) is 5.56 Å². The fourth-order valence-electron chi connectivity index (χ4n) is 3.81. The van der Waals surface area contributed by atoms with Crippen molar-refractivity contribution in [2.45, 2.75) is 46.0 Å². The molecule has 1 unspecified atom stereocenters. The molecule has 4 heteroatoms. The van der Waals surface area contributed by atoms with Crippen LogP contribution in [0.3, 0.4) is 0 Å². The maximum absolute atomic E-state index is 12.8. The minimum atomic E-state index is -0.189. The van der Waals surface area contributed by atoms with E-state index in [-0.39, 0.29) is 17.7 Å². The van der Waals surface area contributed by atoms with Gasteiger partial charge in [0.2, 0.25) is 11.8 Å². The van der Waals surface area contributed by atoms with Crippen LogP contribution in [0.25, 0.3) is 0 Å². The number of amides is 2. The van der Waals surface area contributed by atoms with Crippen LogP contribution in [0, 0.1) is 11.8 Å². The molecule has 0 spiro atoms. The third-order valence-electron chi connectivity index (χ3n) is 5.42. The number of carbonyl (C=O) groups excluding carboxylic acids is 2. The fourth-order valence-corrected chi connectivity index (χ4v) is 3.81. The Morgan fingerprint density at radius 2 is 1.83 bits per heavy atom. The van der Waals surface area contributed by atoms with Crippen LogP contribution >= 0.6 is 0 Å². The third-order valence-corrected chi connectivity index (χ3v) is 5.42. The number of piperidine rings is 1. The molecule has 4 nitrogen and oxygen atoms in total. The van der Waals surface area contributed by atoms with Crippen molar-refractivity contribution in [3.8, 4) is 0 Å². The van der Waals surface area contributed by atoms with Crippen LogP contribution < -0.4 is 4.90 Å². The molecule has 2 amide bonds. The molecule has 24 heavy (non-hydrogen) atoms. The molecule has 130 valence electrons. The number of anilines is 1. The lowest BCUT2D eigenvalue weighted by atomic mass is 9.97. The Kier molecular flexibility index (Phi) is 4.93. The van der Waals surface area contributed by atoms with Crippen molar-refractivity contribution in [3.63, 3.8) is 0 Å². The minimum absolute atomic E-state index is 0.0758. The third kappa shape index (κ3) is 3.33. The summed E-state index contributed by atoms with van der Waals surface area (Å²) in [6, 6.07) is 8.06. The second-order valence-electron chi connectivity index (χ2n) is 7.63. The molecule has 0 aliphatic carbocycles. The van der Waals surface area contributed by atoms with Crippen molar-refractivity contribution in [2.24, 2.45) is 11.8 Å². The highest BCUT2D eigenvalue weighted by molar-refractivity contribution is 6.00. The van der Waals surface area contributed by atoms with E-state index in [0.717, 1.165) is 31.6 Å². The zero-order chi connectivity index (χ0) is 17.3. The number of nitrogens with zero attached hydrogens (tertiary/aromatic N) is 2. The van der Waals surface area contributed by atoms with E-state index >= 15 is 0 Å². The standard InChI is InChI=1S/C20H28N2O2/c1-14(2)17-6-4-5-7-18(17)22-13-16(12-19(22)23)20(24)21-10-8-15(3)9-11-21/h4-7,14-16H,8-13H2,1-3H3. The van der Waals surface area contributed by atoms with Crippen molar-refractivity contribution in [3.05, 3.63) is 29.8 Å². The van der Waals surface area contributed by atoms with Crippen LogP contribution in [-0.4, -0.2) is 36.3 Å².